The molecule has 0 aromatic carbocycles. The van der Waals surface area contributed by atoms with Crippen LogP contribution in [-0.2, 0) is 15.1 Å². The van der Waals surface area contributed by atoms with Gasteiger partial charge in [0.15, 0.2) is 5.82 Å². The van der Waals surface area contributed by atoms with Crippen molar-refractivity contribution in [2.75, 3.05) is 0 Å². The Balaban J connectivity index is 1.44. The van der Waals surface area contributed by atoms with Crippen LogP contribution in [-0.4, -0.2) is 27.1 Å². The Kier molecular flexibility index (Phi) is 4.25. The van der Waals surface area contributed by atoms with Crippen LogP contribution >= 0.6 is 0 Å². The lowest BCUT2D eigenvalue weighted by molar-refractivity contribution is -0.144. The topological polar surface area (TPSA) is 105 Å². The van der Waals surface area contributed by atoms with Crippen LogP contribution in [0.3, 0.4) is 0 Å². The van der Waals surface area contributed by atoms with Crippen LogP contribution in [0.1, 0.15) is 81.8 Å². The Morgan fingerprint density at radius 3 is 2.28 bits per heavy atom. The first-order chi connectivity index (χ1) is 12.1. The fraction of sp³-hybridized carbons (Fsp3) is 0.778. The molecule has 1 heterocycles. The molecule has 0 saturated heterocycles. The Morgan fingerprint density at radius 1 is 1.04 bits per heavy atom. The van der Waals surface area contributed by atoms with Crippen molar-refractivity contribution in [3.05, 3.63) is 11.7 Å². The molecule has 0 bridgehead atoms. The average Bonchev–Trinajstić information content (AvgIpc) is 3.15. The summed E-state index contributed by atoms with van der Waals surface area (Å²) in [5.74, 6) is 0.596. The molecule has 25 heavy (non-hydrogen) atoms. The lowest BCUT2D eigenvalue weighted by atomic mass is 9.81. The van der Waals surface area contributed by atoms with E-state index in [1.165, 1.54) is 0 Å². The summed E-state index contributed by atoms with van der Waals surface area (Å²) in [4.78, 5) is 28.5. The van der Waals surface area contributed by atoms with E-state index in [9.17, 15) is 9.59 Å². The second kappa shape index (κ2) is 6.42. The number of aliphatic carboxylic acids is 1. The lowest BCUT2D eigenvalue weighted by Gasteiger charge is -2.31. The van der Waals surface area contributed by atoms with Gasteiger partial charge in [0.05, 0.1) is 5.92 Å². The number of nitrogens with zero attached hydrogens (tertiary/aromatic N) is 2. The number of nitrogens with one attached hydrogen (secondary N) is 1. The molecule has 0 aliphatic heterocycles. The molecule has 4 rings (SSSR count). The van der Waals surface area contributed by atoms with Gasteiger partial charge in [-0.15, -0.1) is 0 Å². The van der Waals surface area contributed by atoms with Gasteiger partial charge < -0.3 is 14.9 Å². The third-order valence-electron chi connectivity index (χ3n) is 6.06. The van der Waals surface area contributed by atoms with Crippen molar-refractivity contribution in [1.29, 1.82) is 0 Å². The van der Waals surface area contributed by atoms with Gasteiger partial charge in [0.1, 0.15) is 5.54 Å². The van der Waals surface area contributed by atoms with E-state index in [0.29, 0.717) is 43.3 Å². The molecule has 3 fully saturated rings. The van der Waals surface area contributed by atoms with E-state index >= 15 is 0 Å². The molecular weight excluding hydrogens is 322 g/mol. The minimum absolute atomic E-state index is 0.0171. The molecule has 3 aliphatic carbocycles. The van der Waals surface area contributed by atoms with Gasteiger partial charge in [-0.3, -0.25) is 9.59 Å². The van der Waals surface area contributed by atoms with Gasteiger partial charge in [-0.1, -0.05) is 18.0 Å². The van der Waals surface area contributed by atoms with Crippen molar-refractivity contribution >= 4 is 11.9 Å². The number of rotatable bonds is 5. The maximum Gasteiger partial charge on any atom is 0.306 e. The summed E-state index contributed by atoms with van der Waals surface area (Å²) < 4.78 is 5.42. The summed E-state index contributed by atoms with van der Waals surface area (Å²) in [5, 5.41) is 16.5. The summed E-state index contributed by atoms with van der Waals surface area (Å²) >= 11 is 0. The van der Waals surface area contributed by atoms with Gasteiger partial charge in [0.2, 0.25) is 11.8 Å². The monoisotopic (exact) mass is 347 g/mol. The van der Waals surface area contributed by atoms with Gasteiger partial charge >= 0.3 is 5.97 Å². The van der Waals surface area contributed by atoms with Crippen LogP contribution in [0, 0.1) is 11.8 Å². The SMILES string of the molecule is O=C(O)C1CCC(C(=O)NC2(c3noc(C4CC4)n3)CCCC2)CC1. The van der Waals surface area contributed by atoms with Gasteiger partial charge in [-0.2, -0.15) is 4.98 Å². The van der Waals surface area contributed by atoms with E-state index in [4.69, 9.17) is 9.63 Å². The van der Waals surface area contributed by atoms with Crippen LogP contribution in [0.25, 0.3) is 0 Å². The fourth-order valence-electron chi connectivity index (χ4n) is 4.25. The molecule has 3 aliphatic rings. The third-order valence-corrected chi connectivity index (χ3v) is 6.06. The molecule has 1 amide bonds. The maximum absolute atomic E-state index is 12.8. The van der Waals surface area contributed by atoms with Crippen molar-refractivity contribution in [3.63, 3.8) is 0 Å². The van der Waals surface area contributed by atoms with Gasteiger partial charge in [-0.25, -0.2) is 0 Å². The smallest absolute Gasteiger partial charge is 0.306 e. The number of amides is 1. The number of hydrogen-bond donors (Lipinski definition) is 2. The van der Waals surface area contributed by atoms with Crippen LogP contribution in [0.5, 0.6) is 0 Å². The Morgan fingerprint density at radius 2 is 1.68 bits per heavy atom. The average molecular weight is 347 g/mol. The molecule has 136 valence electrons. The van der Waals surface area contributed by atoms with Crippen molar-refractivity contribution in [2.45, 2.75) is 75.7 Å². The molecule has 2 N–H and O–H groups in total. The van der Waals surface area contributed by atoms with E-state index < -0.39 is 11.5 Å². The molecule has 7 nitrogen and oxygen atoms in total. The molecule has 0 atom stereocenters. The summed E-state index contributed by atoms with van der Waals surface area (Å²) in [7, 11) is 0. The normalized spacial score (nSPS) is 28.6. The number of carbonyl (C=O) groups excluding carboxylic acids is 1. The minimum Gasteiger partial charge on any atom is -0.481 e. The molecule has 1 aromatic rings. The highest BCUT2D eigenvalue weighted by Crippen LogP contribution is 2.42. The standard InChI is InChI=1S/C18H25N3O4/c22-14(11-3-7-13(8-4-11)16(23)24)20-18(9-1-2-10-18)17-19-15(25-21-17)12-5-6-12/h11-13H,1-10H2,(H,20,22)(H,23,24). The van der Waals surface area contributed by atoms with Gasteiger partial charge in [0, 0.05) is 11.8 Å². The molecule has 7 heteroatoms. The molecule has 0 spiro atoms. The highest BCUT2D eigenvalue weighted by molar-refractivity contribution is 5.80. The van der Waals surface area contributed by atoms with Crippen molar-refractivity contribution in [3.8, 4) is 0 Å². The quantitative estimate of drug-likeness (QED) is 0.848. The zero-order valence-corrected chi connectivity index (χ0v) is 14.4. The molecule has 0 radical (unpaired) electrons. The fourth-order valence-corrected chi connectivity index (χ4v) is 4.25. The van der Waals surface area contributed by atoms with Gasteiger partial charge in [0.25, 0.3) is 0 Å². The van der Waals surface area contributed by atoms with Gasteiger partial charge in [-0.05, 0) is 51.4 Å². The molecule has 0 unspecified atom stereocenters. The van der Waals surface area contributed by atoms with Crippen molar-refractivity contribution in [2.24, 2.45) is 11.8 Å². The van der Waals surface area contributed by atoms with Crippen LogP contribution in [0.15, 0.2) is 4.52 Å². The summed E-state index contributed by atoms with van der Waals surface area (Å²) in [6, 6.07) is 0. The molecule has 3 saturated carbocycles. The largest absolute Gasteiger partial charge is 0.481 e. The first kappa shape index (κ1) is 16.5. The van der Waals surface area contributed by atoms with E-state index in [1.54, 1.807) is 0 Å². The summed E-state index contributed by atoms with van der Waals surface area (Å²) in [5.41, 5.74) is -0.503. The first-order valence-electron chi connectivity index (χ1n) is 9.46. The van der Waals surface area contributed by atoms with Crippen LogP contribution in [0.2, 0.25) is 0 Å². The predicted molar refractivity (Wildman–Crippen MR) is 87.6 cm³/mol. The predicted octanol–water partition coefficient (Wildman–Crippen LogP) is 2.72. The van der Waals surface area contributed by atoms with Crippen LogP contribution < -0.4 is 5.32 Å². The lowest BCUT2D eigenvalue weighted by Crippen LogP contribution is -2.47. The van der Waals surface area contributed by atoms with Crippen molar-refractivity contribution < 1.29 is 19.2 Å². The maximum atomic E-state index is 12.8. The number of carboxylic acid groups (broad SMARTS) is 1. The minimum atomic E-state index is -0.745. The van der Waals surface area contributed by atoms with Crippen LogP contribution in [0.4, 0.5) is 0 Å². The number of hydrogen-bond acceptors (Lipinski definition) is 5. The summed E-state index contributed by atoms with van der Waals surface area (Å²) in [6.07, 6.45) is 8.40. The van der Waals surface area contributed by atoms with E-state index in [2.05, 4.69) is 15.5 Å². The Hall–Kier alpha value is -1.92. The zero-order valence-electron chi connectivity index (χ0n) is 14.4. The second-order valence-corrected chi connectivity index (χ2v) is 7.90. The molecule has 1 aromatic heterocycles. The number of carboxylic acids is 1. The van der Waals surface area contributed by atoms with E-state index in [0.717, 1.165) is 38.5 Å². The highest BCUT2D eigenvalue weighted by Gasteiger charge is 2.44. The number of carbonyl (C=O) groups is 2. The number of aromatic nitrogens is 2. The Labute approximate surface area is 146 Å². The zero-order chi connectivity index (χ0) is 17.4. The van der Waals surface area contributed by atoms with E-state index in [1.807, 2.05) is 0 Å². The second-order valence-electron chi connectivity index (χ2n) is 7.90. The summed E-state index contributed by atoms with van der Waals surface area (Å²) in [6.45, 7) is 0. The Bertz CT molecular complexity index is 653. The molecular formula is C18H25N3O4. The highest BCUT2D eigenvalue weighted by atomic mass is 16.5. The van der Waals surface area contributed by atoms with E-state index in [-0.39, 0.29) is 17.7 Å². The first-order valence-corrected chi connectivity index (χ1v) is 9.46. The third kappa shape index (κ3) is 3.28. The van der Waals surface area contributed by atoms with Crippen molar-refractivity contribution in [1.82, 2.24) is 15.5 Å².